The van der Waals surface area contributed by atoms with Crippen LogP contribution >= 0.6 is 23.4 Å². The second-order valence-electron chi connectivity index (χ2n) is 9.81. The van der Waals surface area contributed by atoms with Crippen LogP contribution in [0.1, 0.15) is 19.3 Å². The predicted molar refractivity (Wildman–Crippen MR) is 141 cm³/mol. The molecule has 4 aromatic rings. The summed E-state index contributed by atoms with van der Waals surface area (Å²) in [6, 6.07) is 6.46. The van der Waals surface area contributed by atoms with Crippen molar-refractivity contribution in [2.75, 3.05) is 23.7 Å². The molecular weight excluding hydrogens is 480 g/mol. The fourth-order valence-corrected chi connectivity index (χ4v) is 7.35. The highest BCUT2D eigenvalue weighted by molar-refractivity contribution is 7.99. The molecule has 7 rings (SSSR count). The number of dihydropyridines is 1. The van der Waals surface area contributed by atoms with Crippen molar-refractivity contribution in [2.24, 2.45) is 22.1 Å². The quantitative estimate of drug-likeness (QED) is 0.433. The monoisotopic (exact) mass is 504 g/mol. The van der Waals surface area contributed by atoms with Crippen molar-refractivity contribution in [3.05, 3.63) is 47.8 Å². The molecule has 0 amide bonds. The lowest BCUT2D eigenvalue weighted by Crippen LogP contribution is -2.48. The van der Waals surface area contributed by atoms with Gasteiger partial charge in [0.05, 0.1) is 22.2 Å². The van der Waals surface area contributed by atoms with E-state index in [1.54, 1.807) is 6.20 Å². The molecule has 1 saturated heterocycles. The van der Waals surface area contributed by atoms with Gasteiger partial charge in [-0.1, -0.05) is 29.4 Å². The first-order valence-electron chi connectivity index (χ1n) is 11.9. The van der Waals surface area contributed by atoms with E-state index in [0.717, 1.165) is 64.8 Å². The minimum atomic E-state index is 0.159. The number of allylic oxidation sites excluding steroid dienone is 1. The number of hydrogen-bond acceptors (Lipinski definition) is 8. The molecule has 1 aliphatic carbocycles. The third kappa shape index (κ3) is 3.18. The number of piperidine rings is 1. The lowest BCUT2D eigenvalue weighted by Gasteiger charge is -2.42. The van der Waals surface area contributed by atoms with Gasteiger partial charge in [-0.2, -0.15) is 0 Å². The molecule has 6 heterocycles. The highest BCUT2D eigenvalue weighted by Crippen LogP contribution is 2.51. The SMILES string of the molecule is Nc1nccc(Sc2ccc3nc(N4CCC5(CC4)CC4N=CC=CC4C5N)c4cnc2n34)c1Cl. The summed E-state index contributed by atoms with van der Waals surface area (Å²) in [4.78, 5) is 22.8. The Morgan fingerprint density at radius 3 is 2.80 bits per heavy atom. The van der Waals surface area contributed by atoms with Crippen LogP contribution < -0.4 is 16.4 Å². The van der Waals surface area contributed by atoms with Gasteiger partial charge in [-0.05, 0) is 49.0 Å². The van der Waals surface area contributed by atoms with E-state index < -0.39 is 0 Å². The van der Waals surface area contributed by atoms with E-state index in [-0.39, 0.29) is 11.5 Å². The number of halogens is 1. The first-order chi connectivity index (χ1) is 17.0. The van der Waals surface area contributed by atoms with E-state index in [2.05, 4.69) is 26.4 Å². The fraction of sp³-hybridized carbons (Fsp3) is 0.360. The molecule has 1 saturated carbocycles. The molecule has 10 heteroatoms. The van der Waals surface area contributed by atoms with Crippen molar-refractivity contribution in [3.63, 3.8) is 0 Å². The van der Waals surface area contributed by atoms with Gasteiger partial charge in [-0.15, -0.1) is 0 Å². The number of rotatable bonds is 3. The van der Waals surface area contributed by atoms with Gasteiger partial charge < -0.3 is 16.4 Å². The molecule has 8 nitrogen and oxygen atoms in total. The Hall–Kier alpha value is -2.88. The topological polar surface area (TPSA) is 111 Å². The summed E-state index contributed by atoms with van der Waals surface area (Å²) >= 11 is 7.92. The molecule has 0 bridgehead atoms. The Bertz CT molecular complexity index is 1490. The molecule has 4 N–H and O–H groups in total. The number of nitrogens with zero attached hydrogens (tertiary/aromatic N) is 6. The average molecular weight is 505 g/mol. The summed E-state index contributed by atoms with van der Waals surface area (Å²) < 4.78 is 2.13. The largest absolute Gasteiger partial charge is 0.382 e. The van der Waals surface area contributed by atoms with Gasteiger partial charge in [-0.3, -0.25) is 9.39 Å². The first-order valence-corrected chi connectivity index (χ1v) is 13.1. The van der Waals surface area contributed by atoms with E-state index in [4.69, 9.17) is 38.0 Å². The molecule has 35 heavy (non-hydrogen) atoms. The van der Waals surface area contributed by atoms with Crippen molar-refractivity contribution in [2.45, 2.75) is 41.1 Å². The fourth-order valence-electron chi connectivity index (χ4n) is 6.19. The Morgan fingerprint density at radius 2 is 1.97 bits per heavy atom. The second kappa shape index (κ2) is 7.81. The number of anilines is 2. The second-order valence-corrected chi connectivity index (χ2v) is 11.3. The van der Waals surface area contributed by atoms with Crippen LogP contribution in [0.15, 0.2) is 57.5 Å². The van der Waals surface area contributed by atoms with Crippen molar-refractivity contribution in [1.82, 2.24) is 19.4 Å². The van der Waals surface area contributed by atoms with Gasteiger partial charge in [0, 0.05) is 42.4 Å². The smallest absolute Gasteiger partial charge is 0.157 e. The van der Waals surface area contributed by atoms with Crippen LogP contribution in [-0.4, -0.2) is 50.7 Å². The lowest BCUT2D eigenvalue weighted by molar-refractivity contribution is 0.189. The zero-order chi connectivity index (χ0) is 23.7. The molecular formula is C25H25ClN8S. The number of aliphatic imine (C=N–C) groups is 1. The number of pyridine rings is 2. The van der Waals surface area contributed by atoms with Crippen molar-refractivity contribution in [1.29, 1.82) is 0 Å². The van der Waals surface area contributed by atoms with Crippen LogP contribution in [0.3, 0.4) is 0 Å². The molecule has 2 fully saturated rings. The summed E-state index contributed by atoms with van der Waals surface area (Å²) in [5.74, 6) is 1.70. The molecule has 0 aromatic carbocycles. The molecule has 1 spiro atoms. The summed E-state index contributed by atoms with van der Waals surface area (Å²) in [7, 11) is 0. The third-order valence-corrected chi connectivity index (χ3v) is 9.69. The number of nitrogens with two attached hydrogens (primary N) is 2. The van der Waals surface area contributed by atoms with E-state index in [1.807, 2.05) is 30.6 Å². The molecule has 3 aliphatic rings. The van der Waals surface area contributed by atoms with Gasteiger partial charge >= 0.3 is 0 Å². The Kier molecular flexibility index (Phi) is 4.78. The van der Waals surface area contributed by atoms with Crippen LogP contribution in [0.2, 0.25) is 5.02 Å². The Balaban J connectivity index is 1.17. The summed E-state index contributed by atoms with van der Waals surface area (Å²) in [5, 5.41) is 0.465. The van der Waals surface area contributed by atoms with Gasteiger partial charge in [0.1, 0.15) is 17.0 Å². The molecule has 0 radical (unpaired) electrons. The average Bonchev–Trinajstić information content (AvgIpc) is 3.55. The number of hydrogen-bond donors (Lipinski definition) is 2. The molecule has 178 valence electrons. The highest BCUT2D eigenvalue weighted by Gasteiger charge is 2.52. The van der Waals surface area contributed by atoms with Crippen molar-refractivity contribution < 1.29 is 0 Å². The van der Waals surface area contributed by atoms with Crippen molar-refractivity contribution >= 4 is 58.0 Å². The standard InChI is InChI=1S/C25H25ClN8S/c26-20-17(5-9-30-22(20)28)35-18-3-4-19-32-23(16-13-31-24(18)34(16)19)33-10-6-25(7-11-33)12-15-14(21(25)27)2-1-8-29-15/h1-5,8-9,13-15,21H,6-7,10-12,27H2,(H2,28,30). The third-order valence-electron chi connectivity index (χ3n) is 8.08. The predicted octanol–water partition coefficient (Wildman–Crippen LogP) is 4.05. The van der Waals surface area contributed by atoms with E-state index in [9.17, 15) is 0 Å². The van der Waals surface area contributed by atoms with E-state index >= 15 is 0 Å². The van der Waals surface area contributed by atoms with Crippen LogP contribution in [-0.2, 0) is 0 Å². The molecule has 3 atom stereocenters. The van der Waals surface area contributed by atoms with Crippen molar-refractivity contribution in [3.8, 4) is 0 Å². The molecule has 2 aliphatic heterocycles. The van der Waals surface area contributed by atoms with Gasteiger partial charge in [0.15, 0.2) is 11.5 Å². The number of imidazole rings is 2. The Morgan fingerprint density at radius 1 is 1.11 bits per heavy atom. The normalized spacial score (nSPS) is 25.3. The molecule has 3 unspecified atom stereocenters. The number of nitrogen functional groups attached to an aromatic ring is 1. The maximum absolute atomic E-state index is 6.80. The number of fused-ring (bicyclic) bond motifs is 1. The van der Waals surface area contributed by atoms with E-state index in [1.165, 1.54) is 11.8 Å². The van der Waals surface area contributed by atoms with Gasteiger partial charge in [-0.25, -0.2) is 15.0 Å². The summed E-state index contributed by atoms with van der Waals surface area (Å²) in [6.07, 6.45) is 13.0. The highest BCUT2D eigenvalue weighted by atomic mass is 35.5. The minimum absolute atomic E-state index is 0.159. The van der Waals surface area contributed by atoms with Crippen LogP contribution in [0.25, 0.3) is 16.8 Å². The zero-order valence-corrected chi connectivity index (χ0v) is 20.6. The first kappa shape index (κ1) is 21.4. The summed E-state index contributed by atoms with van der Waals surface area (Å²) in [6.45, 7) is 1.88. The van der Waals surface area contributed by atoms with Crippen LogP contribution in [0, 0.1) is 11.3 Å². The maximum Gasteiger partial charge on any atom is 0.157 e. The Labute approximate surface area is 211 Å². The minimum Gasteiger partial charge on any atom is -0.382 e. The van der Waals surface area contributed by atoms with Gasteiger partial charge in [0.2, 0.25) is 0 Å². The lowest BCUT2D eigenvalue weighted by atomic mass is 9.73. The van der Waals surface area contributed by atoms with Crippen LogP contribution in [0.5, 0.6) is 0 Å². The maximum atomic E-state index is 6.80. The van der Waals surface area contributed by atoms with Gasteiger partial charge in [0.25, 0.3) is 0 Å². The number of aromatic nitrogens is 4. The van der Waals surface area contributed by atoms with E-state index in [0.29, 0.717) is 22.8 Å². The molecule has 4 aromatic heterocycles. The summed E-state index contributed by atoms with van der Waals surface area (Å²) in [5.41, 5.74) is 15.7. The zero-order valence-electron chi connectivity index (χ0n) is 19.0. The van der Waals surface area contributed by atoms with Crippen LogP contribution in [0.4, 0.5) is 11.6 Å².